The molecule has 0 bridgehead atoms. The lowest BCUT2D eigenvalue weighted by molar-refractivity contribution is -0.155. The summed E-state index contributed by atoms with van der Waals surface area (Å²) in [5.74, 6) is -0.000466. The van der Waals surface area contributed by atoms with Gasteiger partial charge < -0.3 is 19.4 Å². The molecular formula is C15H21N3O3. The zero-order valence-electron chi connectivity index (χ0n) is 12.2. The predicted octanol–water partition coefficient (Wildman–Crippen LogP) is 1.22. The van der Waals surface area contributed by atoms with Crippen LogP contribution in [0.5, 0.6) is 0 Å². The van der Waals surface area contributed by atoms with Crippen LogP contribution in [0.15, 0.2) is 18.6 Å². The quantitative estimate of drug-likeness (QED) is 0.850. The van der Waals surface area contributed by atoms with Crippen LogP contribution in [0.2, 0.25) is 0 Å². The number of rotatable bonds is 3. The highest BCUT2D eigenvalue weighted by Crippen LogP contribution is 2.37. The van der Waals surface area contributed by atoms with Gasteiger partial charge in [-0.1, -0.05) is 0 Å². The van der Waals surface area contributed by atoms with E-state index in [1.54, 1.807) is 31.8 Å². The Morgan fingerprint density at radius 3 is 3.19 bits per heavy atom. The van der Waals surface area contributed by atoms with Gasteiger partial charge in [-0.25, -0.2) is 4.98 Å². The van der Waals surface area contributed by atoms with Gasteiger partial charge in [0.2, 0.25) is 5.91 Å². The van der Waals surface area contributed by atoms with Crippen molar-refractivity contribution in [2.45, 2.75) is 31.0 Å². The van der Waals surface area contributed by atoms with Crippen molar-refractivity contribution in [3.63, 3.8) is 0 Å². The molecule has 0 aromatic carbocycles. The lowest BCUT2D eigenvalue weighted by Gasteiger charge is -2.44. The van der Waals surface area contributed by atoms with E-state index in [1.807, 2.05) is 4.90 Å². The van der Waals surface area contributed by atoms with Crippen LogP contribution in [0.25, 0.3) is 6.08 Å². The molecule has 2 saturated heterocycles. The Kier molecular flexibility index (Phi) is 4.07. The summed E-state index contributed by atoms with van der Waals surface area (Å²) in [6.45, 7) is 2.10. The highest BCUT2D eigenvalue weighted by molar-refractivity contribution is 5.91. The molecule has 0 aliphatic carbocycles. The first-order valence-corrected chi connectivity index (χ1v) is 7.36. The van der Waals surface area contributed by atoms with Crippen LogP contribution < -0.4 is 0 Å². The van der Waals surface area contributed by atoms with Gasteiger partial charge in [-0.3, -0.25) is 4.79 Å². The van der Waals surface area contributed by atoms with Gasteiger partial charge in [0.1, 0.15) is 6.10 Å². The minimum absolute atomic E-state index is 0.000466. The number of piperidine rings is 1. The number of amides is 1. The van der Waals surface area contributed by atoms with Crippen molar-refractivity contribution in [1.29, 1.82) is 0 Å². The first kappa shape index (κ1) is 14.3. The van der Waals surface area contributed by atoms with Gasteiger partial charge in [-0.15, -0.1) is 0 Å². The van der Waals surface area contributed by atoms with E-state index >= 15 is 0 Å². The van der Waals surface area contributed by atoms with Crippen molar-refractivity contribution in [2.24, 2.45) is 0 Å². The van der Waals surface area contributed by atoms with Crippen LogP contribution in [0.1, 0.15) is 25.0 Å². The number of hydrogen-bond donors (Lipinski definition) is 1. The fraction of sp³-hybridized carbons (Fsp3) is 0.600. The maximum Gasteiger partial charge on any atom is 0.246 e. The number of hydrogen-bond acceptors (Lipinski definition) is 4. The third kappa shape index (κ3) is 2.87. The highest BCUT2D eigenvalue weighted by Gasteiger charge is 2.47. The van der Waals surface area contributed by atoms with Crippen molar-refractivity contribution in [3.05, 3.63) is 24.3 Å². The van der Waals surface area contributed by atoms with E-state index in [2.05, 4.69) is 9.97 Å². The maximum absolute atomic E-state index is 12.3. The number of aromatic amines is 1. The predicted molar refractivity (Wildman–Crippen MR) is 77.5 cm³/mol. The number of carbonyl (C=O) groups is 1. The highest BCUT2D eigenvalue weighted by atomic mass is 16.5. The summed E-state index contributed by atoms with van der Waals surface area (Å²) in [6.07, 6.45) is 9.49. The van der Waals surface area contributed by atoms with Crippen LogP contribution in [0, 0.1) is 0 Å². The largest absolute Gasteiger partial charge is 0.377 e. The molecule has 3 rings (SSSR count). The molecule has 2 aliphatic heterocycles. The summed E-state index contributed by atoms with van der Waals surface area (Å²) in [7, 11) is 1.70. The van der Waals surface area contributed by atoms with Crippen molar-refractivity contribution < 1.29 is 14.3 Å². The number of likely N-dealkylation sites (tertiary alicyclic amines) is 1. The van der Waals surface area contributed by atoms with Crippen LogP contribution in [-0.4, -0.2) is 59.3 Å². The second-order valence-corrected chi connectivity index (χ2v) is 5.62. The minimum Gasteiger partial charge on any atom is -0.377 e. The molecule has 21 heavy (non-hydrogen) atoms. The van der Waals surface area contributed by atoms with E-state index in [-0.39, 0.29) is 17.6 Å². The molecule has 2 fully saturated rings. The fourth-order valence-corrected chi connectivity index (χ4v) is 3.23. The number of nitrogens with one attached hydrogen (secondary N) is 1. The molecule has 1 amide bonds. The summed E-state index contributed by atoms with van der Waals surface area (Å²) < 4.78 is 11.5. The Balaban J connectivity index is 1.63. The number of aromatic nitrogens is 2. The maximum atomic E-state index is 12.3. The molecular weight excluding hydrogens is 270 g/mol. The third-order valence-corrected chi connectivity index (χ3v) is 4.43. The van der Waals surface area contributed by atoms with E-state index in [0.717, 1.165) is 31.6 Å². The molecule has 0 radical (unpaired) electrons. The van der Waals surface area contributed by atoms with Crippen molar-refractivity contribution >= 4 is 12.0 Å². The first-order valence-electron chi connectivity index (χ1n) is 7.36. The van der Waals surface area contributed by atoms with Crippen LogP contribution in [0.4, 0.5) is 0 Å². The van der Waals surface area contributed by atoms with Crippen molar-refractivity contribution in [2.75, 3.05) is 26.8 Å². The van der Waals surface area contributed by atoms with Gasteiger partial charge in [0.05, 0.1) is 23.8 Å². The van der Waals surface area contributed by atoms with Crippen LogP contribution in [0.3, 0.4) is 0 Å². The van der Waals surface area contributed by atoms with Crippen molar-refractivity contribution in [1.82, 2.24) is 14.9 Å². The Bertz CT molecular complexity index is 506. The van der Waals surface area contributed by atoms with Gasteiger partial charge in [0.15, 0.2) is 0 Å². The van der Waals surface area contributed by atoms with E-state index in [9.17, 15) is 4.79 Å². The minimum atomic E-state index is -0.182. The zero-order valence-corrected chi connectivity index (χ0v) is 12.2. The number of H-pyrrole nitrogens is 1. The zero-order chi connectivity index (χ0) is 14.7. The standard InChI is InChI=1S/C15H21N3O3/c1-20-13-10-18(7-6-15(13)5-2-8-21-15)14(19)4-3-12-9-16-11-17-12/h3-4,9,11,13H,2,5-8,10H2,1H3,(H,16,17)/b4-3+/t13-,15+/m1/s1. The number of nitrogens with zero attached hydrogens (tertiary/aromatic N) is 2. The smallest absolute Gasteiger partial charge is 0.246 e. The van der Waals surface area contributed by atoms with Crippen LogP contribution >= 0.6 is 0 Å². The Labute approximate surface area is 124 Å². The van der Waals surface area contributed by atoms with E-state index in [4.69, 9.17) is 9.47 Å². The third-order valence-electron chi connectivity index (χ3n) is 4.43. The molecule has 3 heterocycles. The molecule has 1 N–H and O–H groups in total. The second-order valence-electron chi connectivity index (χ2n) is 5.62. The SMILES string of the molecule is CO[C@@H]1CN(C(=O)/C=C/c2cnc[nH]2)CC[C@@]12CCCO2. The monoisotopic (exact) mass is 291 g/mol. The van der Waals surface area contributed by atoms with Crippen LogP contribution in [-0.2, 0) is 14.3 Å². The lowest BCUT2D eigenvalue weighted by atomic mass is 9.86. The normalized spacial score (nSPS) is 29.6. The summed E-state index contributed by atoms with van der Waals surface area (Å²) in [5.41, 5.74) is 0.637. The molecule has 2 atom stereocenters. The first-order chi connectivity index (χ1) is 10.2. The van der Waals surface area contributed by atoms with E-state index in [0.29, 0.717) is 13.1 Å². The lowest BCUT2D eigenvalue weighted by Crippen LogP contribution is -2.57. The Morgan fingerprint density at radius 2 is 2.52 bits per heavy atom. The fourth-order valence-electron chi connectivity index (χ4n) is 3.23. The van der Waals surface area contributed by atoms with E-state index in [1.165, 1.54) is 0 Å². The molecule has 114 valence electrons. The molecule has 2 aliphatic rings. The van der Waals surface area contributed by atoms with Gasteiger partial charge in [0.25, 0.3) is 0 Å². The second kappa shape index (κ2) is 5.99. The molecule has 0 saturated carbocycles. The molecule has 1 aromatic rings. The molecule has 1 aromatic heterocycles. The Morgan fingerprint density at radius 1 is 1.62 bits per heavy atom. The molecule has 0 unspecified atom stereocenters. The van der Waals surface area contributed by atoms with Gasteiger partial charge in [0, 0.05) is 32.9 Å². The van der Waals surface area contributed by atoms with Gasteiger partial charge >= 0.3 is 0 Å². The summed E-state index contributed by atoms with van der Waals surface area (Å²) in [6, 6.07) is 0. The van der Waals surface area contributed by atoms with Gasteiger partial charge in [-0.05, 0) is 25.3 Å². The average Bonchev–Trinajstić information content (AvgIpc) is 3.17. The summed E-state index contributed by atoms with van der Waals surface area (Å²) in [5, 5.41) is 0. The van der Waals surface area contributed by atoms with Gasteiger partial charge in [-0.2, -0.15) is 0 Å². The summed E-state index contributed by atoms with van der Waals surface area (Å²) in [4.78, 5) is 21.0. The molecule has 6 nitrogen and oxygen atoms in total. The number of methoxy groups -OCH3 is 1. The number of carbonyl (C=O) groups excluding carboxylic acids is 1. The number of ether oxygens (including phenoxy) is 2. The Hall–Kier alpha value is -1.66. The summed E-state index contributed by atoms with van der Waals surface area (Å²) >= 11 is 0. The topological polar surface area (TPSA) is 67.5 Å². The molecule has 1 spiro atoms. The number of imidazole rings is 1. The van der Waals surface area contributed by atoms with E-state index < -0.39 is 0 Å². The average molecular weight is 291 g/mol. The van der Waals surface area contributed by atoms with Crippen molar-refractivity contribution in [3.8, 4) is 0 Å². The molecule has 6 heteroatoms.